The Labute approximate surface area is 812 Å². The molecule has 6 bridgehead atoms. The van der Waals surface area contributed by atoms with E-state index in [1.165, 1.54) is 41.1 Å². The van der Waals surface area contributed by atoms with Gasteiger partial charge in [-0.25, -0.2) is 48.2 Å². The monoisotopic (exact) mass is 1960 g/mol. The van der Waals surface area contributed by atoms with Crippen molar-refractivity contribution in [1.82, 2.24) is 45.6 Å². The summed E-state index contributed by atoms with van der Waals surface area (Å²) in [6.45, 7) is 23.9. The molecule has 9 heterocycles. The maximum Gasteiger partial charge on any atom is 0.408 e. The predicted molar refractivity (Wildman–Crippen MR) is 476 cm³/mol. The van der Waals surface area contributed by atoms with Crippen molar-refractivity contribution < 1.29 is 159 Å². The number of benzene rings is 3. The number of ether oxygens (including phenoxy) is 9. The van der Waals surface area contributed by atoms with Gasteiger partial charge in [0.05, 0.1) is 57.5 Å². The zero-order chi connectivity index (χ0) is 93.6. The summed E-state index contributed by atoms with van der Waals surface area (Å²) in [6.07, 6.45) is 13.4. The number of aromatic nitrogens is 3. The molecule has 34 heteroatoms. The largest absolute Gasteiger partial charge is 0.540 e. The number of alkyl carbamates (subject to hydrolysis) is 3. The summed E-state index contributed by atoms with van der Waals surface area (Å²) in [5, 5.41) is 10.5. The Balaban J connectivity index is 0.000000190. The van der Waals surface area contributed by atoms with Crippen LogP contribution in [0.3, 0.4) is 0 Å². The van der Waals surface area contributed by atoms with Crippen LogP contribution in [0.1, 0.15) is 223 Å². The first-order valence-electron chi connectivity index (χ1n) is 46.3. The number of methoxy groups -OCH3 is 3. The van der Waals surface area contributed by atoms with E-state index < -0.39 is 154 Å². The van der Waals surface area contributed by atoms with Crippen LogP contribution in [-0.4, -0.2) is 198 Å². The zero-order valence-electron chi connectivity index (χ0n) is 78.8. The third-order valence-electron chi connectivity index (χ3n) is 28.7. The Morgan fingerprint density at radius 2 is 0.857 bits per heavy atom. The van der Waals surface area contributed by atoms with Crippen molar-refractivity contribution in [3.63, 3.8) is 0 Å². The van der Waals surface area contributed by atoms with Gasteiger partial charge in [-0.3, -0.25) is 14.4 Å². The maximum absolute atomic E-state index is 16.1. The molecule has 2 unspecified atom stereocenters. The van der Waals surface area contributed by atoms with Crippen molar-refractivity contribution in [3.8, 4) is 34.6 Å². The number of fused-ring (bicyclic) bond motifs is 17. The summed E-state index contributed by atoms with van der Waals surface area (Å²) in [5.41, 5.74) is -1.27. The fraction of sp³-hybridized carbons (Fsp3) is 0.636. The van der Waals surface area contributed by atoms with Gasteiger partial charge in [0, 0.05) is 96.3 Å². The molecule has 6 amide bonds. The molecule has 4 saturated carbocycles. The number of rotatable bonds is 6. The van der Waals surface area contributed by atoms with Gasteiger partial charge in [0.25, 0.3) is 11.8 Å². The Bertz CT molecular complexity index is 5110. The van der Waals surface area contributed by atoms with E-state index in [2.05, 4.69) is 38.3 Å². The molecule has 3 aromatic carbocycles. The van der Waals surface area contributed by atoms with Crippen molar-refractivity contribution in [2.75, 3.05) is 41.0 Å². The average Bonchev–Trinajstić information content (AvgIpc) is 1.61. The standard InChI is InChI=1S/C34H42F2N3O6.C34H44F2N3O6.C31H40N3O6.3V/c1-18-25(17-40)39-16-28(18)44-27-15-20-12-21(43-5)9-10-24(20)37-29(27)34(35,36)11-7-6-8-22-23-13-19(23)14-26(22)45-32(42)38-30(31(39)41)33(2,3)4;1-20-25(19-40)39-18-27(20)44-26-17-21-16-23(43-6)12-13-24(21)37-28(26)34(35,36)15-8-7-10-22-11-9-14-33(22,5)45-31(42)38-29(30(39)41)32(2,3)4;1-18-24(17-35)34-16-26(18)39-28-21(13-19-11-12-22(38-5)15-23(19)32-28)10-8-6-7-9-20-14-25(20)40-30(37)33-27(29(34)36)31(2,3)4;;;/h9-10,12,15,18-19,22-23,25-26,28,30H,6-8,11,13-14,16H2,1-5H3,(H,38,42);12-13,16-17,20,22,25,27,29H,7-11,14-15,18H2,1-6H3,(H,38,42);11-13,15,18,20,24-27H,6-10,14,16H2,1-5H3,(H,33,37);;;/q3*-1;;;/t18-,19?,22+,23?,25+,26+,28-,30+;20-,22+,25+,27-,29+,33+;18-,20+,24+,25+,26-,27+;;;/m000.../s1. The quantitative estimate of drug-likeness (QED) is 0.0792. The zero-order valence-corrected chi connectivity index (χ0v) is 83.0. The number of hydrogen-bond donors (Lipinski definition) is 3. The third-order valence-corrected chi connectivity index (χ3v) is 28.7. The molecule has 6 aliphatic heterocycles. The molecule has 6 aromatic rings. The van der Waals surface area contributed by atoms with Crippen molar-refractivity contribution >= 4 is 87.6 Å². The molecule has 0 spiro atoms. The van der Waals surface area contributed by atoms with Gasteiger partial charge in [0.1, 0.15) is 83.0 Å². The number of nitrogens with zero attached hydrogens (tertiary/aromatic N) is 6. The molecular weight excluding hydrogens is 1830 g/mol. The second-order valence-corrected chi connectivity index (χ2v) is 41.1. The van der Waals surface area contributed by atoms with Gasteiger partial charge in [0.15, 0.2) is 11.4 Å². The molecule has 3 saturated heterocycles. The molecule has 721 valence electrons. The average molecular weight is 1960 g/mol. The second kappa shape index (κ2) is 42.6. The molecule has 20 atom stereocenters. The van der Waals surface area contributed by atoms with Gasteiger partial charge < -0.3 is 87.7 Å². The van der Waals surface area contributed by atoms with Gasteiger partial charge in [-0.1, -0.05) is 127 Å². The van der Waals surface area contributed by atoms with Crippen LogP contribution in [0.5, 0.6) is 34.6 Å². The summed E-state index contributed by atoms with van der Waals surface area (Å²) in [7, 11) is 4.66. The second-order valence-electron chi connectivity index (χ2n) is 41.1. The molecule has 16 rings (SSSR count). The maximum atomic E-state index is 16.1. The molecule has 4 aliphatic carbocycles. The van der Waals surface area contributed by atoms with Crippen LogP contribution in [0.15, 0.2) is 72.8 Å². The fourth-order valence-corrected chi connectivity index (χ4v) is 20.6. The number of amides is 6. The van der Waals surface area contributed by atoms with Crippen LogP contribution in [0.4, 0.5) is 31.9 Å². The van der Waals surface area contributed by atoms with Crippen LogP contribution < -0.4 is 44.4 Å². The normalized spacial score (nSPS) is 30.8. The summed E-state index contributed by atoms with van der Waals surface area (Å²) >= 11 is 0. The molecule has 10 aliphatic rings. The van der Waals surface area contributed by atoms with Crippen LogP contribution >= 0.6 is 0 Å². The topological polar surface area (TPSA) is 321 Å². The Hall–Kier alpha value is -8.61. The molecule has 27 nitrogen and oxygen atoms in total. The molecule has 133 heavy (non-hydrogen) atoms. The van der Waals surface area contributed by atoms with Gasteiger partial charge in [-0.05, 0) is 221 Å². The van der Waals surface area contributed by atoms with E-state index >= 15 is 17.6 Å². The minimum Gasteiger partial charge on any atom is -0.540 e. The molecular formula is C99H126F4N9O18V3-3. The minimum atomic E-state index is -3.31. The van der Waals surface area contributed by atoms with Crippen molar-refractivity contribution in [1.29, 1.82) is 0 Å². The summed E-state index contributed by atoms with van der Waals surface area (Å²) in [4.78, 5) is 136. The van der Waals surface area contributed by atoms with E-state index in [-0.39, 0.29) is 136 Å². The number of hydrogen-bond acceptors (Lipinski definition) is 21. The number of carbonyl (C=O) groups excluding carboxylic acids is 9. The molecule has 3 radical (unpaired) electrons. The SMILES string of the molecule is COc1ccc2cc3c(nc2c1)O[C@H]1CN(C(=O)[C@H](C(C)(C)C)NC(=O)O[C@@H]2C[C@H]2CCCCC3)[C@H]([C-]=O)[C@@H]1C.COc1ccc2nc3c(cc2c1)O[C@H]1CN(C(=O)[C@H](C(C)(C)C)NC(=O)O[C@@H]2CC4CC4[C@H]2CCCCC3(F)F)[C@H]([C-]=O)[C@@H]1C.COc1ccc2nc3c(cc2c1)O[C@H]1CN(C(=O)[C@H](C(C)(C)C)NC(=O)O[C@]2(C)CCC[C@H]2CCCCC3(F)F)[C@H]([C-]=O)[C@@H]1C.[V].[V].[V]. The Morgan fingerprint density at radius 3 is 1.33 bits per heavy atom. The summed E-state index contributed by atoms with van der Waals surface area (Å²) in [5.74, 6) is -5.92. The van der Waals surface area contributed by atoms with Crippen LogP contribution in [-0.2, 0) is 117 Å². The third kappa shape index (κ3) is 23.5. The fourth-order valence-electron chi connectivity index (χ4n) is 20.6. The van der Waals surface area contributed by atoms with E-state index in [4.69, 9.17) is 47.6 Å². The smallest absolute Gasteiger partial charge is 0.408 e. The van der Waals surface area contributed by atoms with Crippen LogP contribution in [0.25, 0.3) is 32.7 Å². The van der Waals surface area contributed by atoms with E-state index in [9.17, 15) is 43.2 Å². The number of carbonyl (C=O) groups is 6. The van der Waals surface area contributed by atoms with E-state index in [1.807, 2.05) is 107 Å². The van der Waals surface area contributed by atoms with Crippen molar-refractivity contribution in [2.45, 2.75) is 296 Å². The molecule has 3 N–H and O–H groups in total. The van der Waals surface area contributed by atoms with Crippen LogP contribution in [0, 0.1) is 63.6 Å². The van der Waals surface area contributed by atoms with E-state index in [0.717, 1.165) is 80.7 Å². The Kier molecular flexibility index (Phi) is 33.6. The van der Waals surface area contributed by atoms with Gasteiger partial charge in [-0.15, -0.1) is 0 Å². The Morgan fingerprint density at radius 1 is 0.429 bits per heavy atom. The van der Waals surface area contributed by atoms with Crippen LogP contribution in [0.2, 0.25) is 0 Å². The number of nitrogens with one attached hydrogen (secondary N) is 3. The van der Waals surface area contributed by atoms with E-state index in [1.54, 1.807) is 57.4 Å². The number of alkyl halides is 4. The molecule has 7 fully saturated rings. The molecule has 3 aromatic heterocycles. The number of pyridine rings is 3. The predicted octanol–water partition coefficient (Wildman–Crippen LogP) is 16.7. The van der Waals surface area contributed by atoms with Crippen molar-refractivity contribution in [2.24, 2.45) is 63.6 Å². The van der Waals surface area contributed by atoms with E-state index in [0.29, 0.717) is 94.8 Å². The first-order chi connectivity index (χ1) is 61.5. The minimum absolute atomic E-state index is 0. The number of halogens is 4. The van der Waals surface area contributed by atoms with Gasteiger partial charge >= 0.3 is 18.3 Å². The van der Waals surface area contributed by atoms with Crippen molar-refractivity contribution in [3.05, 3.63) is 89.7 Å². The van der Waals surface area contributed by atoms with Gasteiger partial charge in [-0.2, -0.15) is 17.6 Å². The summed E-state index contributed by atoms with van der Waals surface area (Å²) < 4.78 is 117. The summed E-state index contributed by atoms with van der Waals surface area (Å²) in [6, 6.07) is 15.3. The number of aryl methyl sites for hydroxylation is 1. The first-order valence-corrected chi connectivity index (χ1v) is 46.3. The first kappa shape index (κ1) is 105. The van der Waals surface area contributed by atoms with Gasteiger partial charge in [0.2, 0.25) is 23.6 Å².